The van der Waals surface area contributed by atoms with Crippen molar-refractivity contribution in [1.82, 2.24) is 4.98 Å². The van der Waals surface area contributed by atoms with Crippen LogP contribution in [-0.2, 0) is 16.1 Å². The summed E-state index contributed by atoms with van der Waals surface area (Å²) in [5.41, 5.74) is 4.72. The molecule has 0 bridgehead atoms. The largest absolute Gasteiger partial charge is 0.477 e. The first kappa shape index (κ1) is 26.1. The minimum absolute atomic E-state index is 0.0445. The average Bonchev–Trinajstić information content (AvgIpc) is 2.95. The van der Waals surface area contributed by atoms with Crippen molar-refractivity contribution in [3.05, 3.63) is 72.3 Å². The van der Waals surface area contributed by atoms with E-state index in [1.54, 1.807) is 0 Å². The highest BCUT2D eigenvalue weighted by Crippen LogP contribution is 2.53. The third kappa shape index (κ3) is 5.95. The summed E-state index contributed by atoms with van der Waals surface area (Å²) in [5.74, 6) is 1.23. The zero-order chi connectivity index (χ0) is 26.4. The van der Waals surface area contributed by atoms with E-state index in [-0.39, 0.29) is 11.9 Å². The molecule has 1 aliphatic heterocycles. The molecular formula is C32H38N2O4. The van der Waals surface area contributed by atoms with Crippen molar-refractivity contribution >= 4 is 11.7 Å². The van der Waals surface area contributed by atoms with Crippen molar-refractivity contribution in [2.75, 3.05) is 31.7 Å². The molecule has 2 aromatic carbocycles. The lowest BCUT2D eigenvalue weighted by atomic mass is 9.57. The van der Waals surface area contributed by atoms with E-state index >= 15 is 0 Å². The van der Waals surface area contributed by atoms with E-state index in [1.807, 2.05) is 42.5 Å². The van der Waals surface area contributed by atoms with E-state index in [1.165, 1.54) is 12.8 Å². The molecule has 5 rings (SSSR count). The third-order valence-corrected chi connectivity index (χ3v) is 8.06. The number of hydrogen-bond acceptors (Lipinski definition) is 6. The van der Waals surface area contributed by atoms with Crippen LogP contribution in [0.4, 0.5) is 5.69 Å². The van der Waals surface area contributed by atoms with Crippen molar-refractivity contribution < 1.29 is 19.0 Å². The topological polar surface area (TPSA) is 60.9 Å². The summed E-state index contributed by atoms with van der Waals surface area (Å²) in [6.07, 6.45) is 6.26. The lowest BCUT2D eigenvalue weighted by molar-refractivity contribution is -0.154. The molecule has 2 heterocycles. The van der Waals surface area contributed by atoms with Crippen molar-refractivity contribution in [3.8, 4) is 22.9 Å². The Labute approximate surface area is 225 Å². The Morgan fingerprint density at radius 3 is 2.39 bits per heavy atom. The Bertz CT molecular complexity index is 1200. The van der Waals surface area contributed by atoms with Crippen LogP contribution in [0.3, 0.4) is 0 Å². The monoisotopic (exact) mass is 514 g/mol. The highest BCUT2D eigenvalue weighted by molar-refractivity contribution is 5.74. The maximum atomic E-state index is 11.8. The zero-order valence-electron chi connectivity index (χ0n) is 22.5. The van der Waals surface area contributed by atoms with Gasteiger partial charge in [0.1, 0.15) is 6.61 Å². The molecule has 2 fully saturated rings. The van der Waals surface area contributed by atoms with Gasteiger partial charge in [-0.3, -0.25) is 4.79 Å². The summed E-state index contributed by atoms with van der Waals surface area (Å²) in [5, 5.41) is 0. The molecule has 6 nitrogen and oxygen atoms in total. The maximum Gasteiger partial charge on any atom is 0.308 e. The van der Waals surface area contributed by atoms with Crippen LogP contribution in [0.2, 0.25) is 0 Å². The maximum absolute atomic E-state index is 11.8. The molecule has 200 valence electrons. The number of rotatable bonds is 10. The predicted molar refractivity (Wildman–Crippen MR) is 149 cm³/mol. The van der Waals surface area contributed by atoms with Gasteiger partial charge in [0.05, 0.1) is 19.6 Å². The average molecular weight is 515 g/mol. The van der Waals surface area contributed by atoms with Gasteiger partial charge in [0.25, 0.3) is 0 Å². The van der Waals surface area contributed by atoms with Gasteiger partial charge in [-0.2, -0.15) is 4.98 Å². The summed E-state index contributed by atoms with van der Waals surface area (Å²) < 4.78 is 17.0. The van der Waals surface area contributed by atoms with Crippen LogP contribution in [0.25, 0.3) is 11.1 Å². The lowest BCUT2D eigenvalue weighted by Gasteiger charge is -2.51. The minimum atomic E-state index is -0.0445. The molecule has 1 aliphatic carbocycles. The van der Waals surface area contributed by atoms with Gasteiger partial charge in [0, 0.05) is 30.4 Å². The van der Waals surface area contributed by atoms with Gasteiger partial charge in [0.2, 0.25) is 11.8 Å². The van der Waals surface area contributed by atoms with Crippen molar-refractivity contribution in [2.45, 2.75) is 52.1 Å². The molecule has 6 heteroatoms. The van der Waals surface area contributed by atoms with Gasteiger partial charge < -0.3 is 19.1 Å². The number of nitrogens with zero attached hydrogens (tertiary/aromatic N) is 2. The smallest absolute Gasteiger partial charge is 0.308 e. The summed E-state index contributed by atoms with van der Waals surface area (Å²) in [6, 6.07) is 22.8. The first-order valence-electron chi connectivity index (χ1n) is 13.8. The molecule has 38 heavy (non-hydrogen) atoms. The molecule has 1 aromatic heterocycles. The Balaban J connectivity index is 1.24. The van der Waals surface area contributed by atoms with Gasteiger partial charge >= 0.3 is 5.97 Å². The number of anilines is 1. The molecule has 3 aromatic rings. The summed E-state index contributed by atoms with van der Waals surface area (Å²) >= 11 is 0. The number of unbranched alkanes of at least 4 members (excludes halogenated alkanes) is 1. The number of carbonyl (C=O) groups is 1. The first-order valence-corrected chi connectivity index (χ1v) is 13.8. The Hall–Kier alpha value is -3.54. The zero-order valence-corrected chi connectivity index (χ0v) is 22.5. The number of piperidine rings is 1. The minimum Gasteiger partial charge on any atom is -0.477 e. The molecule has 1 spiro atoms. The number of hydrogen-bond donors (Lipinski definition) is 0. The lowest BCUT2D eigenvalue weighted by Crippen LogP contribution is -2.49. The second kappa shape index (κ2) is 11.9. The fourth-order valence-corrected chi connectivity index (χ4v) is 5.70. The van der Waals surface area contributed by atoms with Gasteiger partial charge in [0.15, 0.2) is 0 Å². The second-order valence-corrected chi connectivity index (χ2v) is 10.6. The van der Waals surface area contributed by atoms with Crippen LogP contribution in [-0.4, -0.2) is 37.8 Å². The summed E-state index contributed by atoms with van der Waals surface area (Å²) in [7, 11) is 1.49. The molecular weight excluding hydrogens is 476 g/mol. The van der Waals surface area contributed by atoms with Crippen LogP contribution in [0.15, 0.2) is 66.7 Å². The molecule has 2 aliphatic rings. The fraction of sp³-hybridized carbons (Fsp3) is 0.438. The highest BCUT2D eigenvalue weighted by atomic mass is 16.5. The highest BCUT2D eigenvalue weighted by Gasteiger charge is 2.48. The molecule has 0 unspecified atom stereocenters. The number of carbonyl (C=O) groups excluding carboxylic acids is 1. The Kier molecular flexibility index (Phi) is 8.16. The second-order valence-electron chi connectivity index (χ2n) is 10.6. The first-order chi connectivity index (χ1) is 18.6. The van der Waals surface area contributed by atoms with Crippen molar-refractivity contribution in [3.63, 3.8) is 0 Å². The summed E-state index contributed by atoms with van der Waals surface area (Å²) in [6.45, 7) is 5.29. The standard InChI is InChI=1S/C32H38N2O4/c1-3-4-20-37-30-28(14-15-29(33-30)38-23-24-8-6-5-7-9-24)25-10-12-27(13-11-25)34-18-16-32(17-19-34)21-26(22-32)31(35)36-2/h5-15,26H,3-4,16-23H2,1-2H3. The van der Waals surface area contributed by atoms with E-state index < -0.39 is 0 Å². The Morgan fingerprint density at radius 2 is 1.71 bits per heavy atom. The van der Waals surface area contributed by atoms with Crippen LogP contribution >= 0.6 is 0 Å². The molecule has 0 radical (unpaired) electrons. The number of pyridine rings is 1. The molecule has 0 amide bonds. The van der Waals surface area contributed by atoms with Crippen LogP contribution in [0.5, 0.6) is 11.8 Å². The van der Waals surface area contributed by atoms with Gasteiger partial charge in [-0.15, -0.1) is 0 Å². The number of ether oxygens (including phenoxy) is 3. The van der Waals surface area contributed by atoms with Gasteiger partial charge in [-0.1, -0.05) is 55.8 Å². The fourth-order valence-electron chi connectivity index (χ4n) is 5.70. The van der Waals surface area contributed by atoms with E-state index in [0.29, 0.717) is 30.4 Å². The van der Waals surface area contributed by atoms with E-state index in [0.717, 1.165) is 68.3 Å². The number of methoxy groups -OCH3 is 1. The van der Waals surface area contributed by atoms with E-state index in [2.05, 4.69) is 36.1 Å². The van der Waals surface area contributed by atoms with Gasteiger partial charge in [-0.25, -0.2) is 0 Å². The third-order valence-electron chi connectivity index (χ3n) is 8.06. The van der Waals surface area contributed by atoms with Gasteiger partial charge in [-0.05, 0) is 66.8 Å². The van der Waals surface area contributed by atoms with E-state index in [4.69, 9.17) is 19.2 Å². The van der Waals surface area contributed by atoms with E-state index in [9.17, 15) is 4.79 Å². The predicted octanol–water partition coefficient (Wildman–Crippen LogP) is 6.68. The van der Waals surface area contributed by atoms with Crippen LogP contribution in [0, 0.1) is 11.3 Å². The molecule has 0 N–H and O–H groups in total. The summed E-state index contributed by atoms with van der Waals surface area (Å²) in [4.78, 5) is 19.0. The number of aromatic nitrogens is 1. The Morgan fingerprint density at radius 1 is 0.974 bits per heavy atom. The van der Waals surface area contributed by atoms with Crippen LogP contribution in [0.1, 0.15) is 51.0 Å². The molecule has 0 atom stereocenters. The normalized spacial score (nSPS) is 16.6. The SMILES string of the molecule is CCCCOc1nc(OCc2ccccc2)ccc1-c1ccc(N2CCC3(CC2)CC(C(=O)OC)C3)cc1. The number of esters is 1. The number of benzene rings is 2. The van der Waals surface area contributed by atoms with Crippen molar-refractivity contribution in [1.29, 1.82) is 0 Å². The quantitative estimate of drug-likeness (QED) is 0.222. The molecule has 1 saturated carbocycles. The van der Waals surface area contributed by atoms with Crippen LogP contribution < -0.4 is 14.4 Å². The molecule has 1 saturated heterocycles. The van der Waals surface area contributed by atoms with Crippen molar-refractivity contribution in [2.24, 2.45) is 11.3 Å².